The molecule has 3 aromatic heterocycles. The van der Waals surface area contributed by atoms with E-state index in [2.05, 4.69) is 69.8 Å². The maximum absolute atomic E-state index is 14.7. The Morgan fingerprint density at radius 2 is 0.458 bits per heavy atom. The van der Waals surface area contributed by atoms with Gasteiger partial charge in [-0.2, -0.15) is 158 Å². The van der Waals surface area contributed by atoms with Crippen molar-refractivity contribution in [1.29, 1.82) is 0 Å². The summed E-state index contributed by atoms with van der Waals surface area (Å²) in [7, 11) is -2.65. The van der Waals surface area contributed by atoms with E-state index in [1.807, 2.05) is 4.98 Å². The van der Waals surface area contributed by atoms with E-state index in [0.717, 1.165) is 18.2 Å². The van der Waals surface area contributed by atoms with Crippen LogP contribution in [0.15, 0.2) is 18.2 Å². The smallest absolute Gasteiger partial charge is 0.422 e. The number of ether oxygens (including phenoxy) is 12. The van der Waals surface area contributed by atoms with E-state index >= 15 is 0 Å². The van der Waals surface area contributed by atoms with Gasteiger partial charge >= 0.3 is 74.1 Å². The number of nitrogens with zero attached hydrogens (tertiary/aromatic N) is 6. The van der Waals surface area contributed by atoms with Crippen LogP contribution in [0, 0.1) is 11.5 Å². The van der Waals surface area contributed by atoms with Crippen LogP contribution in [0.25, 0.3) is 89.7 Å². The Balaban J connectivity index is 1.77. The quantitative estimate of drug-likeness (QED) is 0.0326. The number of aromatic amines is 2. The average molecular weight is 1790 g/mol. The van der Waals surface area contributed by atoms with Gasteiger partial charge in [-0.3, -0.25) is 0 Å². The van der Waals surface area contributed by atoms with Crippen molar-refractivity contribution in [1.82, 2.24) is 39.9 Å². The Kier molecular flexibility index (Phi) is 24.7. The number of rotatable bonds is 24. The molecule has 0 amide bonds. The van der Waals surface area contributed by atoms with E-state index in [9.17, 15) is 158 Å². The predicted octanol–water partition coefficient (Wildman–Crippen LogP) is 19.4. The van der Waals surface area contributed by atoms with Crippen molar-refractivity contribution < 1.29 is 215 Å². The number of benzene rings is 4. The van der Waals surface area contributed by atoms with Crippen LogP contribution in [-0.4, -0.2) is 201 Å². The highest BCUT2D eigenvalue weighted by Gasteiger charge is 2.47. The lowest BCUT2D eigenvalue weighted by molar-refractivity contribution is -0.162. The van der Waals surface area contributed by atoms with E-state index < -0.39 is 320 Å². The van der Waals surface area contributed by atoms with E-state index in [4.69, 9.17) is 28.4 Å². The fraction of sp³-hybridized carbons (Fsp3) is 0.443. The van der Waals surface area contributed by atoms with Crippen molar-refractivity contribution in [3.8, 4) is 126 Å². The number of halogens is 36. The fourth-order valence-corrected chi connectivity index (χ4v) is 10.6. The molecule has 0 spiro atoms. The first-order valence-corrected chi connectivity index (χ1v) is 34.6. The highest BCUT2D eigenvalue weighted by molar-refractivity contribution is 6.83. The molecular weight excluding hydrogens is 1750 g/mol. The molecule has 57 heteroatoms. The highest BCUT2D eigenvalue weighted by atomic mass is 28.3. The van der Waals surface area contributed by atoms with Gasteiger partial charge in [-0.05, 0) is 18.2 Å². The Morgan fingerprint density at radius 1 is 0.254 bits per heavy atom. The maximum Gasteiger partial charge on any atom is 0.422 e. The lowest BCUT2D eigenvalue weighted by Gasteiger charge is -2.24. The number of fused-ring (bicyclic) bond motifs is 20. The lowest BCUT2D eigenvalue weighted by Crippen LogP contribution is -2.25. The summed E-state index contributed by atoms with van der Waals surface area (Å²) in [6, 6.07) is 2.61. The summed E-state index contributed by atoms with van der Waals surface area (Å²) >= 11 is 0. The van der Waals surface area contributed by atoms with E-state index in [0.29, 0.717) is 0 Å². The molecule has 650 valence electrons. The summed E-state index contributed by atoms with van der Waals surface area (Å²) < 4.78 is 580. The molecule has 0 fully saturated rings. The van der Waals surface area contributed by atoms with Crippen LogP contribution in [-0.2, 0) is 0 Å². The number of H-pyrrole nitrogens is 2. The third kappa shape index (κ3) is 24.4. The molecule has 7 aromatic rings. The Hall–Kier alpha value is -10.9. The summed E-state index contributed by atoms with van der Waals surface area (Å²) in [5.74, 6) is -32.7. The van der Waals surface area contributed by atoms with Crippen LogP contribution in [0.5, 0.6) is 69.0 Å². The largest absolute Gasteiger partial charge is 0.479 e. The number of alkyl halides is 36. The van der Waals surface area contributed by atoms with Gasteiger partial charge in [0.1, 0.15) is 30.7 Å². The van der Waals surface area contributed by atoms with Gasteiger partial charge in [-0.15, -0.1) is 5.54 Å². The van der Waals surface area contributed by atoms with E-state index in [1.54, 1.807) is 24.6 Å². The standard InChI is InChI=1S/C61H38F36N8O12Si/c1-118(2,3)7-6-21-4-5-22-23(8-21)43-98-42(22)99-44-24-26(32(108-11-52(68,69)70)38(114-17-58(86,87)88)36(112-15-56(80,81)82)30(24)106-9-50(62,63)64)46(101-44)103-48-28-29(35(111-14-55(77,78)79)41(117-20-61(95,96)97)40(116-19-60(92,93)94)34(28)110-13-54(74,75)76)49(105-48)104-47-27-25(45(100-43)102-47)31(107-10-51(65,66)67)37(113-16-57(83,84)85)39(115-18-59(89,90)91)33(27)109-12-53(71,72)73/h4-5,8H,9-20H2,1-3H3,(H2,98,99,100,101,102,103,104,105). The summed E-state index contributed by atoms with van der Waals surface area (Å²) in [5.41, 5.74) is -10.9. The molecule has 0 saturated heterocycles. The van der Waals surface area contributed by atoms with Gasteiger partial charge in [0, 0.05) is 16.7 Å². The third-order valence-corrected chi connectivity index (χ3v) is 14.7. The first-order valence-electron chi connectivity index (χ1n) is 31.1. The van der Waals surface area contributed by atoms with Crippen LogP contribution in [0.2, 0.25) is 19.6 Å². The molecule has 2 N–H and O–H groups in total. The molecule has 0 atom stereocenters. The van der Waals surface area contributed by atoms with Gasteiger partial charge in [0.05, 0.1) is 32.7 Å². The normalized spacial score (nSPS) is 13.6. The predicted molar refractivity (Wildman–Crippen MR) is 325 cm³/mol. The molecule has 2 aliphatic rings. The van der Waals surface area contributed by atoms with Gasteiger partial charge in [-0.1, -0.05) is 25.6 Å². The summed E-state index contributed by atoms with van der Waals surface area (Å²) in [6.45, 7) is -32.1. The maximum atomic E-state index is 14.7. The molecule has 5 heterocycles. The minimum atomic E-state index is -6.08. The van der Waals surface area contributed by atoms with Gasteiger partial charge in [-0.25, -0.2) is 29.9 Å². The van der Waals surface area contributed by atoms with Crippen molar-refractivity contribution in [2.24, 2.45) is 0 Å². The molecule has 20 nitrogen and oxygen atoms in total. The Morgan fingerprint density at radius 3 is 0.720 bits per heavy atom. The Bertz CT molecular complexity index is 5160. The number of aromatic nitrogens is 8. The molecule has 8 bridgehead atoms. The second-order valence-electron chi connectivity index (χ2n) is 24.9. The van der Waals surface area contributed by atoms with Crippen molar-refractivity contribution in [2.75, 3.05) is 79.3 Å². The second kappa shape index (κ2) is 32.1. The molecule has 0 saturated carbocycles. The van der Waals surface area contributed by atoms with Crippen LogP contribution in [0.3, 0.4) is 0 Å². The zero-order valence-corrected chi connectivity index (χ0v) is 58.4. The first kappa shape index (κ1) is 91.0. The summed E-state index contributed by atoms with van der Waals surface area (Å²) in [4.78, 5) is 27.2. The molecule has 0 radical (unpaired) electrons. The van der Waals surface area contributed by atoms with Crippen LogP contribution in [0.4, 0.5) is 158 Å². The van der Waals surface area contributed by atoms with Gasteiger partial charge < -0.3 is 66.8 Å². The first-order chi connectivity index (χ1) is 53.6. The van der Waals surface area contributed by atoms with Gasteiger partial charge in [0.2, 0.25) is 34.5 Å². The van der Waals surface area contributed by atoms with Crippen molar-refractivity contribution in [3.05, 3.63) is 23.8 Å². The molecule has 2 aliphatic heterocycles. The molecule has 118 heavy (non-hydrogen) atoms. The minimum absolute atomic E-state index is 0.279. The zero-order valence-electron chi connectivity index (χ0n) is 57.4. The summed E-state index contributed by atoms with van der Waals surface area (Å²) in [6.07, 6.45) is -71.8. The molecule has 0 unspecified atom stereocenters. The molecular formula is C61H38F36N8O12Si. The number of hydrogen-bond donors (Lipinski definition) is 2. The van der Waals surface area contributed by atoms with Crippen LogP contribution >= 0.6 is 0 Å². The monoisotopic (exact) mass is 1790 g/mol. The van der Waals surface area contributed by atoms with E-state index in [-0.39, 0.29) is 5.56 Å². The minimum Gasteiger partial charge on any atom is -0.479 e. The van der Waals surface area contributed by atoms with Crippen molar-refractivity contribution >= 4 is 52.2 Å². The molecule has 9 rings (SSSR count). The molecule has 0 aliphatic carbocycles. The third-order valence-electron chi connectivity index (χ3n) is 13.8. The van der Waals surface area contributed by atoms with Crippen LogP contribution < -0.4 is 56.8 Å². The lowest BCUT2D eigenvalue weighted by atomic mass is 10.0. The topological polar surface area (TPSA) is 220 Å². The summed E-state index contributed by atoms with van der Waals surface area (Å²) in [5, 5.41) is -8.16. The zero-order chi connectivity index (χ0) is 88.4. The number of hydrogen-bond acceptors (Lipinski definition) is 18. The fourth-order valence-electron chi connectivity index (χ4n) is 10.0. The van der Waals surface area contributed by atoms with Gasteiger partial charge in [0.25, 0.3) is 0 Å². The SMILES string of the molecule is C[Si](C)(C)C#Cc1ccc2c(c1)-c1nc-2nc2[nH]c(nc3[nH]c(nc4nc(n1)-c1c(OCC(F)(F)F)c(OCC(F)(F)F)c(OCC(F)(F)F)c(OCC(F)(F)F)c1-4)c1c(OCC(F)(F)F)c(OCC(F)(F)F)c(OCC(F)(F)F)c(OCC(F)(F)F)c31)c1c(OCC(F)(F)F)c(OCC(F)(F)F)c(OCC(F)(F)F)c(OCC(F)(F)F)c21. The number of nitrogens with one attached hydrogen (secondary N) is 2. The van der Waals surface area contributed by atoms with Crippen molar-refractivity contribution in [2.45, 2.75) is 93.8 Å². The van der Waals surface area contributed by atoms with Crippen molar-refractivity contribution in [3.63, 3.8) is 0 Å². The highest BCUT2D eigenvalue weighted by Crippen LogP contribution is 2.61. The molecule has 4 aromatic carbocycles. The van der Waals surface area contributed by atoms with Crippen LogP contribution in [0.1, 0.15) is 5.56 Å². The van der Waals surface area contributed by atoms with E-state index in [1.165, 1.54) is 0 Å². The second-order valence-corrected chi connectivity index (χ2v) is 29.7. The van der Waals surface area contributed by atoms with Gasteiger partial charge in [0.15, 0.2) is 137 Å². The Labute approximate surface area is 628 Å². The average Bonchev–Trinajstić information content (AvgIpc) is 1.55.